The first-order valence-corrected chi connectivity index (χ1v) is 6.39. The molecule has 0 spiro atoms. The summed E-state index contributed by atoms with van der Waals surface area (Å²) in [5.74, 6) is 2.22. The molecule has 1 N–H and O–H groups in total. The third kappa shape index (κ3) is 4.08. The van der Waals surface area contributed by atoms with Gasteiger partial charge >= 0.3 is 0 Å². The molecule has 4 heteroatoms. The van der Waals surface area contributed by atoms with E-state index < -0.39 is 0 Å². The zero-order chi connectivity index (χ0) is 13.7. The molecule has 0 saturated heterocycles. The maximum atomic E-state index is 12.8. The largest absolute Gasteiger partial charge is 0.334 e. The number of carbonyl (C=O) groups is 1. The Labute approximate surface area is 112 Å². The summed E-state index contributed by atoms with van der Waals surface area (Å²) in [4.78, 5) is 13.9. The maximum Gasteiger partial charge on any atom is 0.237 e. The number of halogens is 1. The molecule has 1 aromatic rings. The maximum absolute atomic E-state index is 12.8. The highest BCUT2D eigenvalue weighted by molar-refractivity contribution is 5.79. The van der Waals surface area contributed by atoms with Gasteiger partial charge in [-0.2, -0.15) is 0 Å². The van der Waals surface area contributed by atoms with E-state index in [1.165, 1.54) is 12.1 Å². The van der Waals surface area contributed by atoms with Gasteiger partial charge in [-0.25, -0.2) is 4.39 Å². The average Bonchev–Trinajstić information content (AvgIpc) is 3.22. The van der Waals surface area contributed by atoms with Gasteiger partial charge in [-0.15, -0.1) is 6.42 Å². The Balaban J connectivity index is 1.94. The molecule has 1 aliphatic rings. The predicted octanol–water partition coefficient (Wildman–Crippen LogP) is 1.54. The standard InChI is InChI=1S/C15H17FN2O/c1-2-9-17-10-15(19)18(14-7-8-14)11-12-3-5-13(16)6-4-12/h1,3-6,14,17H,7-11H2. The van der Waals surface area contributed by atoms with E-state index in [0.29, 0.717) is 19.1 Å². The molecule has 1 aromatic carbocycles. The Bertz CT molecular complexity index is 474. The molecule has 1 saturated carbocycles. The highest BCUT2D eigenvalue weighted by atomic mass is 19.1. The first kappa shape index (κ1) is 13.6. The minimum absolute atomic E-state index is 0.0436. The van der Waals surface area contributed by atoms with E-state index in [1.54, 1.807) is 12.1 Å². The number of hydrogen-bond acceptors (Lipinski definition) is 2. The van der Waals surface area contributed by atoms with Crippen molar-refractivity contribution in [2.75, 3.05) is 13.1 Å². The SMILES string of the molecule is C#CCNCC(=O)N(Cc1ccc(F)cc1)C1CC1. The number of terminal acetylenes is 1. The second-order valence-electron chi connectivity index (χ2n) is 4.69. The van der Waals surface area contributed by atoms with E-state index in [2.05, 4.69) is 11.2 Å². The normalized spacial score (nSPS) is 13.9. The van der Waals surface area contributed by atoms with Crippen molar-refractivity contribution in [3.8, 4) is 12.3 Å². The minimum Gasteiger partial charge on any atom is -0.334 e. The Morgan fingerprint density at radius 3 is 2.68 bits per heavy atom. The summed E-state index contributed by atoms with van der Waals surface area (Å²) in [7, 11) is 0. The molecule has 1 fully saturated rings. The summed E-state index contributed by atoms with van der Waals surface area (Å²) in [5, 5.41) is 2.91. The summed E-state index contributed by atoms with van der Waals surface area (Å²) < 4.78 is 12.8. The summed E-state index contributed by atoms with van der Waals surface area (Å²) >= 11 is 0. The van der Waals surface area contributed by atoms with Crippen LogP contribution in [0.25, 0.3) is 0 Å². The topological polar surface area (TPSA) is 32.3 Å². The molecule has 0 unspecified atom stereocenters. The zero-order valence-corrected chi connectivity index (χ0v) is 10.7. The highest BCUT2D eigenvalue weighted by Crippen LogP contribution is 2.28. The van der Waals surface area contributed by atoms with Gasteiger partial charge in [0, 0.05) is 12.6 Å². The Morgan fingerprint density at radius 2 is 2.11 bits per heavy atom. The quantitative estimate of drug-likeness (QED) is 0.621. The third-order valence-corrected chi connectivity index (χ3v) is 3.08. The van der Waals surface area contributed by atoms with Crippen LogP contribution in [0.1, 0.15) is 18.4 Å². The lowest BCUT2D eigenvalue weighted by atomic mass is 10.2. The van der Waals surface area contributed by atoms with E-state index in [9.17, 15) is 9.18 Å². The van der Waals surface area contributed by atoms with Crippen molar-refractivity contribution in [1.82, 2.24) is 10.2 Å². The first-order chi connectivity index (χ1) is 9.20. The smallest absolute Gasteiger partial charge is 0.237 e. The second-order valence-corrected chi connectivity index (χ2v) is 4.69. The number of rotatable bonds is 6. The number of carbonyl (C=O) groups excluding carboxylic acids is 1. The van der Waals surface area contributed by atoms with Gasteiger partial charge in [0.15, 0.2) is 0 Å². The molecule has 0 aliphatic heterocycles. The van der Waals surface area contributed by atoms with Gasteiger partial charge in [0.1, 0.15) is 5.82 Å². The number of nitrogens with one attached hydrogen (secondary N) is 1. The molecular formula is C15H17FN2O. The predicted molar refractivity (Wildman–Crippen MR) is 71.7 cm³/mol. The summed E-state index contributed by atoms with van der Waals surface area (Å²) in [6.07, 6.45) is 7.22. The summed E-state index contributed by atoms with van der Waals surface area (Å²) in [5.41, 5.74) is 0.943. The van der Waals surface area contributed by atoms with E-state index in [1.807, 2.05) is 4.90 Å². The number of amides is 1. The van der Waals surface area contributed by atoms with Crippen LogP contribution in [0.4, 0.5) is 4.39 Å². The number of nitrogens with zero attached hydrogens (tertiary/aromatic N) is 1. The van der Waals surface area contributed by atoms with E-state index in [-0.39, 0.29) is 18.3 Å². The Morgan fingerprint density at radius 1 is 1.42 bits per heavy atom. The fraction of sp³-hybridized carbons (Fsp3) is 0.400. The molecule has 0 radical (unpaired) electrons. The lowest BCUT2D eigenvalue weighted by molar-refractivity contribution is -0.131. The van der Waals surface area contributed by atoms with Crippen LogP contribution in [0.2, 0.25) is 0 Å². The van der Waals surface area contributed by atoms with Gasteiger partial charge in [0.05, 0.1) is 13.1 Å². The molecule has 1 amide bonds. The molecule has 100 valence electrons. The van der Waals surface area contributed by atoms with Gasteiger partial charge in [-0.1, -0.05) is 18.1 Å². The van der Waals surface area contributed by atoms with Crippen molar-refractivity contribution in [3.63, 3.8) is 0 Å². The van der Waals surface area contributed by atoms with Crippen molar-refractivity contribution >= 4 is 5.91 Å². The van der Waals surface area contributed by atoms with Gasteiger partial charge in [-0.3, -0.25) is 10.1 Å². The summed E-state index contributed by atoms with van der Waals surface area (Å²) in [6, 6.07) is 6.59. The lowest BCUT2D eigenvalue weighted by Gasteiger charge is -2.22. The number of hydrogen-bond donors (Lipinski definition) is 1. The molecule has 2 rings (SSSR count). The Kier molecular flexibility index (Phi) is 4.53. The van der Waals surface area contributed by atoms with E-state index in [0.717, 1.165) is 18.4 Å². The second kappa shape index (κ2) is 6.35. The van der Waals surface area contributed by atoms with Crippen LogP contribution in [-0.2, 0) is 11.3 Å². The van der Waals surface area contributed by atoms with Gasteiger partial charge in [0.2, 0.25) is 5.91 Å². The molecule has 0 bridgehead atoms. The van der Waals surface area contributed by atoms with E-state index >= 15 is 0 Å². The monoisotopic (exact) mass is 260 g/mol. The molecular weight excluding hydrogens is 243 g/mol. The molecule has 0 atom stereocenters. The fourth-order valence-electron chi connectivity index (χ4n) is 1.94. The highest BCUT2D eigenvalue weighted by Gasteiger charge is 2.32. The van der Waals surface area contributed by atoms with Crippen LogP contribution < -0.4 is 5.32 Å². The molecule has 19 heavy (non-hydrogen) atoms. The molecule has 0 aromatic heterocycles. The lowest BCUT2D eigenvalue weighted by Crippen LogP contribution is -2.39. The average molecular weight is 260 g/mol. The van der Waals surface area contributed by atoms with E-state index in [4.69, 9.17) is 6.42 Å². The van der Waals surface area contributed by atoms with Gasteiger partial charge < -0.3 is 4.90 Å². The molecule has 1 aliphatic carbocycles. The summed E-state index contributed by atoms with van der Waals surface area (Å²) in [6.45, 7) is 1.17. The Hall–Kier alpha value is -1.86. The van der Waals surface area contributed by atoms with Crippen molar-refractivity contribution in [3.05, 3.63) is 35.6 Å². The molecule has 0 heterocycles. The first-order valence-electron chi connectivity index (χ1n) is 6.39. The van der Waals surface area contributed by atoms with Crippen LogP contribution in [0, 0.1) is 18.2 Å². The molecule has 3 nitrogen and oxygen atoms in total. The fourth-order valence-corrected chi connectivity index (χ4v) is 1.94. The van der Waals surface area contributed by atoms with Crippen LogP contribution in [0.5, 0.6) is 0 Å². The zero-order valence-electron chi connectivity index (χ0n) is 10.7. The van der Waals surface area contributed by atoms with Gasteiger partial charge in [0.25, 0.3) is 0 Å². The van der Waals surface area contributed by atoms with Crippen molar-refractivity contribution < 1.29 is 9.18 Å². The van der Waals surface area contributed by atoms with Crippen LogP contribution in [-0.4, -0.2) is 29.9 Å². The van der Waals surface area contributed by atoms with Crippen LogP contribution in [0.3, 0.4) is 0 Å². The van der Waals surface area contributed by atoms with Crippen molar-refractivity contribution in [2.45, 2.75) is 25.4 Å². The van der Waals surface area contributed by atoms with Crippen LogP contribution >= 0.6 is 0 Å². The van der Waals surface area contributed by atoms with Crippen LogP contribution in [0.15, 0.2) is 24.3 Å². The minimum atomic E-state index is -0.260. The van der Waals surface area contributed by atoms with Gasteiger partial charge in [-0.05, 0) is 30.5 Å². The van der Waals surface area contributed by atoms with Crippen molar-refractivity contribution in [2.24, 2.45) is 0 Å². The van der Waals surface area contributed by atoms with Crippen molar-refractivity contribution in [1.29, 1.82) is 0 Å². The third-order valence-electron chi connectivity index (χ3n) is 3.08. The number of benzene rings is 1.